The van der Waals surface area contributed by atoms with Crippen LogP contribution in [0.3, 0.4) is 0 Å². The van der Waals surface area contributed by atoms with Gasteiger partial charge in [-0.15, -0.1) is 0 Å². The minimum atomic E-state index is -0.877. The van der Waals surface area contributed by atoms with Crippen LogP contribution in [0.25, 0.3) is 0 Å². The number of hydrogen-bond donors (Lipinski definition) is 1. The lowest BCUT2D eigenvalue weighted by Crippen LogP contribution is -2.29. The maximum Gasteiger partial charge on any atom is 0.184 e. The maximum atomic E-state index is 13.5. The van der Waals surface area contributed by atoms with Crippen LogP contribution in [0.4, 0.5) is 20.2 Å². The quantitative estimate of drug-likeness (QED) is 0.784. The average molecular weight is 214 g/mol. The van der Waals surface area contributed by atoms with Crippen molar-refractivity contribution in [3.05, 3.63) is 23.8 Å². The fourth-order valence-corrected chi connectivity index (χ4v) is 1.41. The summed E-state index contributed by atoms with van der Waals surface area (Å²) < 4.78 is 26.5. The Hall–Kier alpha value is -1.32. The van der Waals surface area contributed by atoms with E-state index in [1.165, 1.54) is 6.07 Å². The molecule has 1 atom stereocenters. The molecule has 0 aliphatic carbocycles. The van der Waals surface area contributed by atoms with Crippen molar-refractivity contribution < 1.29 is 8.78 Å². The molecule has 2 nitrogen and oxygen atoms in total. The van der Waals surface area contributed by atoms with Gasteiger partial charge < -0.3 is 10.6 Å². The van der Waals surface area contributed by atoms with Crippen molar-refractivity contribution in [1.29, 1.82) is 0 Å². The molecular formula is C11H16F2N2. The molecule has 1 aromatic carbocycles. The molecule has 1 rings (SSSR count). The Morgan fingerprint density at radius 3 is 2.53 bits per heavy atom. The van der Waals surface area contributed by atoms with E-state index in [0.29, 0.717) is 0 Å². The highest BCUT2D eigenvalue weighted by molar-refractivity contribution is 5.68. The predicted octanol–water partition coefficient (Wildman–Crippen LogP) is 2.78. The molecule has 15 heavy (non-hydrogen) atoms. The van der Waals surface area contributed by atoms with E-state index >= 15 is 0 Å². The molecule has 0 spiro atoms. The predicted molar refractivity (Wildman–Crippen MR) is 58.9 cm³/mol. The fourth-order valence-electron chi connectivity index (χ4n) is 1.41. The molecule has 0 saturated carbocycles. The second-order valence-electron chi connectivity index (χ2n) is 3.67. The zero-order valence-electron chi connectivity index (χ0n) is 9.22. The number of hydrogen-bond acceptors (Lipinski definition) is 2. The van der Waals surface area contributed by atoms with Crippen LogP contribution in [0.5, 0.6) is 0 Å². The maximum absolute atomic E-state index is 13.5. The van der Waals surface area contributed by atoms with Crippen molar-refractivity contribution >= 4 is 11.4 Å². The van der Waals surface area contributed by atoms with Gasteiger partial charge in [-0.05, 0) is 25.5 Å². The minimum absolute atomic E-state index is 0.114. The van der Waals surface area contributed by atoms with Crippen LogP contribution in [0.2, 0.25) is 0 Å². The number of anilines is 2. The standard InChI is InChI=1S/C11H16F2N2/c1-4-7(2)15(3)11-9(14)6-5-8(12)10(11)13/h5-7H,4,14H2,1-3H3. The molecule has 2 N–H and O–H groups in total. The van der Waals surface area contributed by atoms with Crippen LogP contribution in [0.15, 0.2) is 12.1 Å². The summed E-state index contributed by atoms with van der Waals surface area (Å²) in [5.41, 5.74) is 6.04. The fraction of sp³-hybridized carbons (Fsp3) is 0.455. The summed E-state index contributed by atoms with van der Waals surface area (Å²) in [7, 11) is 1.71. The van der Waals surface area contributed by atoms with E-state index in [4.69, 9.17) is 5.73 Å². The Bertz CT molecular complexity index is 353. The first kappa shape index (κ1) is 11.8. The number of nitrogen functional groups attached to an aromatic ring is 1. The lowest BCUT2D eigenvalue weighted by atomic mass is 10.1. The molecule has 1 aromatic rings. The Kier molecular flexibility index (Phi) is 3.50. The third-order valence-corrected chi connectivity index (χ3v) is 2.70. The van der Waals surface area contributed by atoms with Gasteiger partial charge >= 0.3 is 0 Å². The zero-order chi connectivity index (χ0) is 11.6. The van der Waals surface area contributed by atoms with Gasteiger partial charge in [-0.2, -0.15) is 0 Å². The van der Waals surface area contributed by atoms with Crippen LogP contribution in [0.1, 0.15) is 20.3 Å². The number of nitrogens with zero attached hydrogens (tertiary/aromatic N) is 1. The number of nitrogens with two attached hydrogens (primary N) is 1. The van der Waals surface area contributed by atoms with Gasteiger partial charge in [0.25, 0.3) is 0 Å². The summed E-state index contributed by atoms with van der Waals surface area (Å²) in [5.74, 6) is -1.74. The van der Waals surface area contributed by atoms with Crippen molar-refractivity contribution in [2.45, 2.75) is 26.3 Å². The number of rotatable bonds is 3. The largest absolute Gasteiger partial charge is 0.397 e. The summed E-state index contributed by atoms with van der Waals surface area (Å²) in [5, 5.41) is 0. The van der Waals surface area contributed by atoms with Gasteiger partial charge in [0.05, 0.1) is 11.4 Å². The lowest BCUT2D eigenvalue weighted by molar-refractivity contribution is 0.504. The van der Waals surface area contributed by atoms with Crippen molar-refractivity contribution in [2.75, 3.05) is 17.7 Å². The monoisotopic (exact) mass is 214 g/mol. The summed E-state index contributed by atoms with van der Waals surface area (Å²) in [4.78, 5) is 1.66. The number of halogens is 2. The van der Waals surface area contributed by atoms with E-state index < -0.39 is 11.6 Å². The van der Waals surface area contributed by atoms with E-state index in [2.05, 4.69) is 0 Å². The van der Waals surface area contributed by atoms with Gasteiger partial charge in [0.15, 0.2) is 11.6 Å². The summed E-state index contributed by atoms with van der Waals surface area (Å²) in [6.45, 7) is 3.92. The molecule has 0 fully saturated rings. The normalized spacial score (nSPS) is 12.6. The van der Waals surface area contributed by atoms with Crippen LogP contribution in [0, 0.1) is 11.6 Å². The molecule has 4 heteroatoms. The Morgan fingerprint density at radius 1 is 1.40 bits per heavy atom. The highest BCUT2D eigenvalue weighted by Gasteiger charge is 2.18. The first-order valence-electron chi connectivity index (χ1n) is 4.95. The Morgan fingerprint density at radius 2 is 2.00 bits per heavy atom. The molecule has 84 valence electrons. The molecule has 0 radical (unpaired) electrons. The Balaban J connectivity index is 3.18. The molecular weight excluding hydrogens is 198 g/mol. The van der Waals surface area contributed by atoms with Crippen LogP contribution in [-0.2, 0) is 0 Å². The second kappa shape index (κ2) is 4.47. The third kappa shape index (κ3) is 2.19. The van der Waals surface area contributed by atoms with E-state index in [0.717, 1.165) is 12.5 Å². The molecule has 0 aliphatic heterocycles. The van der Waals surface area contributed by atoms with E-state index in [1.807, 2.05) is 13.8 Å². The minimum Gasteiger partial charge on any atom is -0.397 e. The topological polar surface area (TPSA) is 29.3 Å². The van der Waals surface area contributed by atoms with E-state index in [-0.39, 0.29) is 17.4 Å². The molecule has 0 saturated heterocycles. The smallest absolute Gasteiger partial charge is 0.184 e. The molecule has 0 aliphatic rings. The zero-order valence-corrected chi connectivity index (χ0v) is 9.22. The first-order chi connectivity index (χ1) is 6.99. The SMILES string of the molecule is CCC(C)N(C)c1c(N)ccc(F)c1F. The molecule has 0 heterocycles. The van der Waals surface area contributed by atoms with Gasteiger partial charge in [0.2, 0.25) is 0 Å². The van der Waals surface area contributed by atoms with Crippen LogP contribution >= 0.6 is 0 Å². The molecule has 0 aromatic heterocycles. The molecule has 0 bridgehead atoms. The first-order valence-corrected chi connectivity index (χ1v) is 4.95. The van der Waals surface area contributed by atoms with Crippen LogP contribution in [-0.4, -0.2) is 13.1 Å². The number of benzene rings is 1. The lowest BCUT2D eigenvalue weighted by Gasteiger charge is -2.27. The van der Waals surface area contributed by atoms with Crippen molar-refractivity contribution in [3.63, 3.8) is 0 Å². The van der Waals surface area contributed by atoms with Gasteiger partial charge in [0, 0.05) is 13.1 Å². The van der Waals surface area contributed by atoms with Crippen LogP contribution < -0.4 is 10.6 Å². The van der Waals surface area contributed by atoms with Gasteiger partial charge in [-0.25, -0.2) is 8.78 Å². The summed E-state index contributed by atoms with van der Waals surface area (Å²) >= 11 is 0. The van der Waals surface area contributed by atoms with Crippen molar-refractivity contribution in [2.24, 2.45) is 0 Å². The van der Waals surface area contributed by atoms with E-state index in [1.54, 1.807) is 11.9 Å². The van der Waals surface area contributed by atoms with Crippen molar-refractivity contribution in [1.82, 2.24) is 0 Å². The Labute approximate surface area is 88.7 Å². The van der Waals surface area contributed by atoms with Gasteiger partial charge in [0.1, 0.15) is 0 Å². The molecule has 1 unspecified atom stereocenters. The summed E-state index contributed by atoms with van der Waals surface area (Å²) in [6.07, 6.45) is 0.839. The van der Waals surface area contributed by atoms with Gasteiger partial charge in [-0.3, -0.25) is 0 Å². The highest BCUT2D eigenvalue weighted by atomic mass is 19.2. The highest BCUT2D eigenvalue weighted by Crippen LogP contribution is 2.29. The van der Waals surface area contributed by atoms with E-state index in [9.17, 15) is 8.78 Å². The van der Waals surface area contributed by atoms with Gasteiger partial charge in [-0.1, -0.05) is 6.92 Å². The average Bonchev–Trinajstić information content (AvgIpc) is 2.22. The third-order valence-electron chi connectivity index (χ3n) is 2.70. The summed E-state index contributed by atoms with van der Waals surface area (Å²) in [6, 6.07) is 2.54. The molecule has 0 amide bonds. The second-order valence-corrected chi connectivity index (χ2v) is 3.67. The van der Waals surface area contributed by atoms with Crippen molar-refractivity contribution in [3.8, 4) is 0 Å².